The number of carbonyl (C=O) groups excluding carboxylic acids is 1. The van der Waals surface area contributed by atoms with E-state index in [0.29, 0.717) is 6.61 Å². The van der Waals surface area contributed by atoms with Gasteiger partial charge in [0.05, 0.1) is 18.6 Å². The minimum absolute atomic E-state index is 0.180. The molecule has 0 radical (unpaired) electrons. The van der Waals surface area contributed by atoms with Crippen molar-refractivity contribution in [3.63, 3.8) is 0 Å². The van der Waals surface area contributed by atoms with Crippen molar-refractivity contribution in [3.8, 4) is 5.75 Å². The number of hydrogen-bond donors (Lipinski definition) is 1. The van der Waals surface area contributed by atoms with Gasteiger partial charge in [-0.1, -0.05) is 12.1 Å². The quantitative estimate of drug-likeness (QED) is 0.833. The molecule has 0 spiro atoms. The molecule has 0 saturated carbocycles. The zero-order valence-electron chi connectivity index (χ0n) is 12.4. The lowest BCUT2D eigenvalue weighted by Crippen LogP contribution is -2.34. The van der Waals surface area contributed by atoms with Gasteiger partial charge in [0.2, 0.25) is 5.91 Å². The zero-order chi connectivity index (χ0) is 14.5. The van der Waals surface area contributed by atoms with Crippen molar-refractivity contribution < 1.29 is 14.4 Å². The first-order valence-corrected chi connectivity index (χ1v) is 6.45. The first-order chi connectivity index (χ1) is 8.79. The first-order valence-electron chi connectivity index (χ1n) is 6.45. The lowest BCUT2D eigenvalue weighted by Gasteiger charge is -2.19. The SMILES string of the molecule is Cc1cccc(OCCC(=O)NOC(C)(C)C)c1C. The Morgan fingerprint density at radius 3 is 2.58 bits per heavy atom. The lowest BCUT2D eigenvalue weighted by atomic mass is 10.1. The second-order valence-corrected chi connectivity index (χ2v) is 5.54. The maximum Gasteiger partial charge on any atom is 0.246 e. The Balaban J connectivity index is 2.34. The van der Waals surface area contributed by atoms with Crippen LogP contribution in [0.1, 0.15) is 38.3 Å². The van der Waals surface area contributed by atoms with Gasteiger partial charge >= 0.3 is 0 Å². The van der Waals surface area contributed by atoms with Crippen LogP contribution in [0.4, 0.5) is 0 Å². The summed E-state index contributed by atoms with van der Waals surface area (Å²) in [7, 11) is 0. The highest BCUT2D eigenvalue weighted by Gasteiger charge is 2.12. The van der Waals surface area contributed by atoms with E-state index in [1.54, 1.807) is 0 Å². The molecule has 1 aromatic carbocycles. The molecule has 0 aliphatic heterocycles. The maximum atomic E-state index is 11.5. The number of hydrogen-bond acceptors (Lipinski definition) is 3. The van der Waals surface area contributed by atoms with Crippen LogP contribution in [0.3, 0.4) is 0 Å². The Bertz CT molecular complexity index is 436. The highest BCUT2D eigenvalue weighted by Crippen LogP contribution is 2.20. The number of nitrogens with one attached hydrogen (secondary N) is 1. The molecule has 4 heteroatoms. The molecule has 0 aromatic heterocycles. The maximum absolute atomic E-state index is 11.5. The molecular formula is C15H23NO3. The monoisotopic (exact) mass is 265 g/mol. The van der Waals surface area contributed by atoms with Gasteiger partial charge in [-0.25, -0.2) is 5.48 Å². The van der Waals surface area contributed by atoms with Crippen LogP contribution in [-0.2, 0) is 9.63 Å². The zero-order valence-corrected chi connectivity index (χ0v) is 12.4. The standard InChI is InChI=1S/C15H23NO3/c1-11-7-6-8-13(12(11)2)18-10-9-14(17)16-19-15(3,4)5/h6-8H,9-10H2,1-5H3,(H,16,17). The first kappa shape index (κ1) is 15.5. The third kappa shape index (κ3) is 5.75. The average Bonchev–Trinajstić information content (AvgIpc) is 2.31. The smallest absolute Gasteiger partial charge is 0.246 e. The molecule has 0 heterocycles. The summed E-state index contributed by atoms with van der Waals surface area (Å²) in [5.74, 6) is 0.643. The molecule has 0 unspecified atom stereocenters. The normalized spacial score (nSPS) is 11.2. The fraction of sp³-hybridized carbons (Fsp3) is 0.533. The van der Waals surface area contributed by atoms with E-state index < -0.39 is 0 Å². The molecule has 0 bridgehead atoms. The van der Waals surface area contributed by atoms with Crippen molar-refractivity contribution >= 4 is 5.91 Å². The second kappa shape index (κ2) is 6.57. The Labute approximate surface area is 115 Å². The second-order valence-electron chi connectivity index (χ2n) is 5.54. The number of ether oxygens (including phenoxy) is 1. The fourth-order valence-corrected chi connectivity index (χ4v) is 1.40. The van der Waals surface area contributed by atoms with Crippen molar-refractivity contribution in [1.82, 2.24) is 5.48 Å². The van der Waals surface area contributed by atoms with Crippen LogP contribution in [0.15, 0.2) is 18.2 Å². The topological polar surface area (TPSA) is 47.6 Å². The van der Waals surface area contributed by atoms with Crippen molar-refractivity contribution in [2.45, 2.75) is 46.6 Å². The molecule has 1 amide bonds. The van der Waals surface area contributed by atoms with E-state index in [1.165, 1.54) is 5.56 Å². The minimum atomic E-state index is -0.385. The Hall–Kier alpha value is -1.55. The minimum Gasteiger partial charge on any atom is -0.493 e. The van der Waals surface area contributed by atoms with Gasteiger partial charge in [0.1, 0.15) is 5.75 Å². The van der Waals surface area contributed by atoms with Gasteiger partial charge in [-0.05, 0) is 51.8 Å². The third-order valence-corrected chi connectivity index (χ3v) is 2.61. The number of carbonyl (C=O) groups is 1. The Morgan fingerprint density at radius 1 is 1.26 bits per heavy atom. The van der Waals surface area contributed by atoms with E-state index in [4.69, 9.17) is 9.57 Å². The third-order valence-electron chi connectivity index (χ3n) is 2.61. The van der Waals surface area contributed by atoms with Crippen LogP contribution < -0.4 is 10.2 Å². The van der Waals surface area contributed by atoms with Gasteiger partial charge in [-0.3, -0.25) is 9.63 Å². The molecule has 0 saturated heterocycles. The number of hydroxylamine groups is 1. The molecule has 1 N–H and O–H groups in total. The summed E-state index contributed by atoms with van der Waals surface area (Å²) in [6, 6.07) is 5.89. The van der Waals surface area contributed by atoms with Crippen LogP contribution in [0.2, 0.25) is 0 Å². The molecule has 106 valence electrons. The summed E-state index contributed by atoms with van der Waals surface area (Å²) in [6.07, 6.45) is 0.267. The number of amides is 1. The van der Waals surface area contributed by atoms with Gasteiger partial charge in [0.15, 0.2) is 0 Å². The largest absolute Gasteiger partial charge is 0.493 e. The summed E-state index contributed by atoms with van der Waals surface area (Å²) < 4.78 is 5.60. The van der Waals surface area contributed by atoms with Crippen LogP contribution >= 0.6 is 0 Å². The Morgan fingerprint density at radius 2 is 1.95 bits per heavy atom. The van der Waals surface area contributed by atoms with E-state index in [1.807, 2.05) is 52.8 Å². The number of rotatable bonds is 5. The van der Waals surface area contributed by atoms with E-state index in [9.17, 15) is 4.79 Å². The van der Waals surface area contributed by atoms with Crippen LogP contribution in [-0.4, -0.2) is 18.1 Å². The molecule has 0 fully saturated rings. The van der Waals surface area contributed by atoms with Gasteiger partial charge in [0.25, 0.3) is 0 Å². The molecule has 0 aliphatic rings. The number of aryl methyl sites for hydroxylation is 1. The van der Waals surface area contributed by atoms with E-state index in [-0.39, 0.29) is 17.9 Å². The molecule has 1 rings (SSSR count). The predicted molar refractivity (Wildman–Crippen MR) is 75.0 cm³/mol. The van der Waals surface area contributed by atoms with Gasteiger partial charge < -0.3 is 4.74 Å². The van der Waals surface area contributed by atoms with Crippen molar-refractivity contribution in [1.29, 1.82) is 0 Å². The summed E-state index contributed by atoms with van der Waals surface area (Å²) in [5, 5.41) is 0. The Kier molecular flexibility index (Phi) is 5.36. The number of benzene rings is 1. The van der Waals surface area contributed by atoms with E-state index >= 15 is 0 Å². The molecule has 4 nitrogen and oxygen atoms in total. The summed E-state index contributed by atoms with van der Waals surface area (Å²) in [5.41, 5.74) is 4.31. The van der Waals surface area contributed by atoms with Crippen molar-refractivity contribution in [2.24, 2.45) is 0 Å². The highest BCUT2D eigenvalue weighted by atomic mass is 16.7. The molecule has 0 atom stereocenters. The van der Waals surface area contributed by atoms with Crippen LogP contribution in [0, 0.1) is 13.8 Å². The van der Waals surface area contributed by atoms with Gasteiger partial charge in [-0.2, -0.15) is 0 Å². The van der Waals surface area contributed by atoms with E-state index in [0.717, 1.165) is 11.3 Å². The van der Waals surface area contributed by atoms with Crippen molar-refractivity contribution in [3.05, 3.63) is 29.3 Å². The summed E-state index contributed by atoms with van der Waals surface area (Å²) in [6.45, 7) is 10.0. The van der Waals surface area contributed by atoms with Gasteiger partial charge in [0, 0.05) is 0 Å². The fourth-order valence-electron chi connectivity index (χ4n) is 1.40. The molecule has 19 heavy (non-hydrogen) atoms. The highest BCUT2D eigenvalue weighted by molar-refractivity contribution is 5.74. The molecule has 1 aromatic rings. The predicted octanol–water partition coefficient (Wildman–Crippen LogP) is 2.92. The van der Waals surface area contributed by atoms with Crippen LogP contribution in [0.5, 0.6) is 5.75 Å². The summed E-state index contributed by atoms with van der Waals surface area (Å²) in [4.78, 5) is 16.7. The van der Waals surface area contributed by atoms with Crippen LogP contribution in [0.25, 0.3) is 0 Å². The van der Waals surface area contributed by atoms with Gasteiger partial charge in [-0.15, -0.1) is 0 Å². The summed E-state index contributed by atoms with van der Waals surface area (Å²) >= 11 is 0. The van der Waals surface area contributed by atoms with E-state index in [2.05, 4.69) is 5.48 Å². The molecule has 0 aliphatic carbocycles. The average molecular weight is 265 g/mol. The molecular weight excluding hydrogens is 242 g/mol. The lowest BCUT2D eigenvalue weighted by molar-refractivity contribution is -0.146. The van der Waals surface area contributed by atoms with Crippen molar-refractivity contribution in [2.75, 3.05) is 6.61 Å².